The Morgan fingerprint density at radius 1 is 1.17 bits per heavy atom. The quantitative estimate of drug-likeness (QED) is 0.617. The van der Waals surface area contributed by atoms with Crippen molar-refractivity contribution < 1.29 is 22.7 Å². The molecule has 1 saturated carbocycles. The fourth-order valence-electron chi connectivity index (χ4n) is 4.35. The van der Waals surface area contributed by atoms with Gasteiger partial charge in [0.15, 0.2) is 0 Å². The summed E-state index contributed by atoms with van der Waals surface area (Å²) in [6.07, 6.45) is 2.26. The lowest BCUT2D eigenvalue weighted by Crippen LogP contribution is -2.49. The molecule has 0 saturated heterocycles. The number of benzene rings is 2. The molecule has 6 nitrogen and oxygen atoms in total. The van der Waals surface area contributed by atoms with Gasteiger partial charge in [-0.2, -0.15) is 4.31 Å². The average molecular weight is 501 g/mol. The Morgan fingerprint density at radius 3 is 2.54 bits per heavy atom. The van der Waals surface area contributed by atoms with Crippen LogP contribution in [0.4, 0.5) is 4.39 Å². The zero-order chi connectivity index (χ0) is 25.2. The number of rotatable bonds is 6. The largest absolute Gasteiger partial charge is 0.487 e. The van der Waals surface area contributed by atoms with Crippen molar-refractivity contribution in [1.82, 2.24) is 9.21 Å². The molecular weight excluding hydrogens is 467 g/mol. The van der Waals surface area contributed by atoms with Crippen molar-refractivity contribution in [2.24, 2.45) is 11.8 Å². The van der Waals surface area contributed by atoms with Crippen LogP contribution in [0.25, 0.3) is 0 Å². The maximum absolute atomic E-state index is 13.6. The average Bonchev–Trinajstić information content (AvgIpc) is 3.63. The monoisotopic (exact) mass is 500 g/mol. The third-order valence-electron chi connectivity index (χ3n) is 6.60. The molecule has 1 fully saturated rings. The van der Waals surface area contributed by atoms with Crippen LogP contribution in [0.2, 0.25) is 0 Å². The SMILES string of the molecule is C[C@@H]1CN([C@@H](C)CO)S(=O)(=O)c2ccc(C#Cc3cccc(F)c3)cc2O[C@@H]1CN(C)CC1CC1. The Morgan fingerprint density at radius 2 is 1.89 bits per heavy atom. The van der Waals surface area contributed by atoms with Crippen LogP contribution in [0.15, 0.2) is 47.4 Å². The van der Waals surface area contributed by atoms with Crippen molar-refractivity contribution in [2.75, 3.05) is 33.3 Å². The standard InChI is InChI=1S/C27H33FN2O4S/c1-19-15-30(20(2)18-31)35(32,33)27-12-11-22(8-7-21-5-4-6-24(28)13-21)14-25(27)34-26(19)17-29(3)16-23-9-10-23/h4-6,11-14,19-20,23,26,31H,9-10,15-18H2,1-3H3/t19-,20+,26-/m1/s1. The molecule has 0 spiro atoms. The first-order valence-corrected chi connectivity index (χ1v) is 13.5. The third kappa shape index (κ3) is 6.22. The molecule has 35 heavy (non-hydrogen) atoms. The second-order valence-electron chi connectivity index (χ2n) is 9.83. The molecule has 0 aromatic heterocycles. The summed E-state index contributed by atoms with van der Waals surface area (Å²) in [5.41, 5.74) is 1.10. The molecule has 2 aromatic carbocycles. The van der Waals surface area contributed by atoms with Gasteiger partial charge in [-0.15, -0.1) is 0 Å². The number of nitrogens with zero attached hydrogens (tertiary/aromatic N) is 2. The first kappa shape index (κ1) is 25.6. The van der Waals surface area contributed by atoms with Gasteiger partial charge < -0.3 is 14.7 Å². The van der Waals surface area contributed by atoms with Crippen LogP contribution >= 0.6 is 0 Å². The number of hydrogen-bond acceptors (Lipinski definition) is 5. The van der Waals surface area contributed by atoms with E-state index in [1.807, 2.05) is 6.92 Å². The number of ether oxygens (including phenoxy) is 1. The number of aliphatic hydroxyl groups excluding tert-OH is 1. The number of fused-ring (bicyclic) bond motifs is 1. The third-order valence-corrected chi connectivity index (χ3v) is 8.62. The van der Waals surface area contributed by atoms with E-state index in [1.165, 1.54) is 35.3 Å². The van der Waals surface area contributed by atoms with Crippen molar-refractivity contribution in [3.8, 4) is 17.6 Å². The molecule has 1 aliphatic heterocycles. The van der Waals surface area contributed by atoms with Crippen molar-refractivity contribution in [3.63, 3.8) is 0 Å². The Labute approximate surface area is 207 Å². The summed E-state index contributed by atoms with van der Waals surface area (Å²) in [5, 5.41) is 9.78. The lowest BCUT2D eigenvalue weighted by molar-refractivity contribution is 0.0740. The molecule has 8 heteroatoms. The van der Waals surface area contributed by atoms with Gasteiger partial charge in [0.2, 0.25) is 10.0 Å². The van der Waals surface area contributed by atoms with Gasteiger partial charge in [-0.1, -0.05) is 24.8 Å². The lowest BCUT2D eigenvalue weighted by atomic mass is 10.0. The van der Waals surface area contributed by atoms with Crippen LogP contribution in [-0.4, -0.2) is 68.2 Å². The summed E-state index contributed by atoms with van der Waals surface area (Å²) >= 11 is 0. The van der Waals surface area contributed by atoms with Crippen LogP contribution in [0.3, 0.4) is 0 Å². The Hall–Kier alpha value is -2.44. The van der Waals surface area contributed by atoms with E-state index in [9.17, 15) is 17.9 Å². The van der Waals surface area contributed by atoms with Gasteiger partial charge in [0.05, 0.1) is 6.61 Å². The molecule has 0 bridgehead atoms. The highest BCUT2D eigenvalue weighted by molar-refractivity contribution is 7.89. The summed E-state index contributed by atoms with van der Waals surface area (Å²) < 4.78 is 48.4. The Kier molecular flexibility index (Phi) is 7.82. The number of hydrogen-bond donors (Lipinski definition) is 1. The number of sulfonamides is 1. The molecule has 188 valence electrons. The molecular formula is C27H33FN2O4S. The maximum atomic E-state index is 13.6. The highest BCUT2D eigenvalue weighted by Crippen LogP contribution is 2.35. The van der Waals surface area contributed by atoms with Gasteiger partial charge in [0.1, 0.15) is 22.6 Å². The number of aliphatic hydroxyl groups is 1. The first-order valence-electron chi connectivity index (χ1n) is 12.1. The van der Waals surface area contributed by atoms with E-state index in [-0.39, 0.29) is 41.6 Å². The van der Waals surface area contributed by atoms with Crippen LogP contribution in [0.1, 0.15) is 37.8 Å². The molecule has 0 radical (unpaired) electrons. The van der Waals surface area contributed by atoms with Gasteiger partial charge >= 0.3 is 0 Å². The van der Waals surface area contributed by atoms with Gasteiger partial charge in [-0.25, -0.2) is 12.8 Å². The van der Waals surface area contributed by atoms with Crippen LogP contribution in [0.5, 0.6) is 5.75 Å². The molecule has 1 N–H and O–H groups in total. The van der Waals surface area contributed by atoms with E-state index < -0.39 is 16.1 Å². The topological polar surface area (TPSA) is 70.1 Å². The van der Waals surface area contributed by atoms with Crippen LogP contribution in [0, 0.1) is 29.5 Å². The van der Waals surface area contributed by atoms with E-state index in [0.29, 0.717) is 17.7 Å². The molecule has 1 heterocycles. The summed E-state index contributed by atoms with van der Waals surface area (Å²) in [4.78, 5) is 2.32. The van der Waals surface area contributed by atoms with Crippen LogP contribution < -0.4 is 4.74 Å². The normalized spacial score (nSPS) is 22.8. The molecule has 1 aliphatic carbocycles. The Balaban J connectivity index is 1.71. The van der Waals surface area contributed by atoms with E-state index in [4.69, 9.17) is 4.74 Å². The summed E-state index contributed by atoms with van der Waals surface area (Å²) in [7, 11) is -1.83. The lowest BCUT2D eigenvalue weighted by Gasteiger charge is -2.37. The number of halogens is 1. The minimum atomic E-state index is -3.90. The fraction of sp³-hybridized carbons (Fsp3) is 0.481. The highest BCUT2D eigenvalue weighted by atomic mass is 32.2. The summed E-state index contributed by atoms with van der Waals surface area (Å²) in [6.45, 7) is 5.34. The second-order valence-corrected chi connectivity index (χ2v) is 11.7. The maximum Gasteiger partial charge on any atom is 0.247 e. The van der Waals surface area contributed by atoms with E-state index in [1.54, 1.807) is 31.2 Å². The van der Waals surface area contributed by atoms with Gasteiger partial charge in [-0.05, 0) is 69.1 Å². The summed E-state index contributed by atoms with van der Waals surface area (Å²) in [5.74, 6) is 6.43. The zero-order valence-corrected chi connectivity index (χ0v) is 21.3. The predicted octanol–water partition coefficient (Wildman–Crippen LogP) is 3.34. The van der Waals surface area contributed by atoms with Gasteiger partial charge in [-0.3, -0.25) is 0 Å². The summed E-state index contributed by atoms with van der Waals surface area (Å²) in [6, 6.07) is 10.2. The molecule has 2 aliphatic rings. The molecule has 3 atom stereocenters. The molecule has 2 aromatic rings. The predicted molar refractivity (Wildman–Crippen MR) is 133 cm³/mol. The van der Waals surface area contributed by atoms with Gasteiger partial charge in [0, 0.05) is 42.7 Å². The molecule has 0 amide bonds. The Bertz CT molecular complexity index is 1220. The molecule has 4 rings (SSSR count). The van der Waals surface area contributed by atoms with Crippen LogP contribution in [-0.2, 0) is 10.0 Å². The highest BCUT2D eigenvalue weighted by Gasteiger charge is 2.38. The van der Waals surface area contributed by atoms with E-state index >= 15 is 0 Å². The minimum Gasteiger partial charge on any atom is -0.487 e. The number of likely N-dealkylation sites (N-methyl/N-ethyl adjacent to an activating group) is 1. The van der Waals surface area contributed by atoms with Crippen molar-refractivity contribution in [1.29, 1.82) is 0 Å². The minimum absolute atomic E-state index is 0.0656. The van der Waals surface area contributed by atoms with E-state index in [2.05, 4.69) is 23.8 Å². The van der Waals surface area contributed by atoms with Crippen molar-refractivity contribution in [3.05, 3.63) is 59.4 Å². The fourth-order valence-corrected chi connectivity index (χ4v) is 6.18. The van der Waals surface area contributed by atoms with Crippen molar-refractivity contribution >= 4 is 10.0 Å². The molecule has 0 unspecified atom stereocenters. The van der Waals surface area contributed by atoms with E-state index in [0.717, 1.165) is 12.5 Å². The van der Waals surface area contributed by atoms with Crippen molar-refractivity contribution in [2.45, 2.75) is 43.7 Å². The zero-order valence-electron chi connectivity index (χ0n) is 20.4. The smallest absolute Gasteiger partial charge is 0.247 e. The second kappa shape index (κ2) is 10.7. The first-order chi connectivity index (χ1) is 16.7. The van der Waals surface area contributed by atoms with Gasteiger partial charge in [0.25, 0.3) is 0 Å².